The summed E-state index contributed by atoms with van der Waals surface area (Å²) in [6, 6.07) is 4.23. The highest BCUT2D eigenvalue weighted by molar-refractivity contribution is 6.31. The first kappa shape index (κ1) is 18.7. The molecule has 0 unspecified atom stereocenters. The summed E-state index contributed by atoms with van der Waals surface area (Å²) in [5.74, 6) is -2.42. The Hall–Kier alpha value is -3.07. The van der Waals surface area contributed by atoms with Gasteiger partial charge in [-0.2, -0.15) is 4.99 Å². The van der Waals surface area contributed by atoms with Crippen molar-refractivity contribution < 1.29 is 19.1 Å². The van der Waals surface area contributed by atoms with Gasteiger partial charge in [0.1, 0.15) is 11.9 Å². The van der Waals surface area contributed by atoms with Crippen molar-refractivity contribution in [2.24, 2.45) is 4.99 Å². The lowest BCUT2D eigenvalue weighted by molar-refractivity contribution is -0.140. The number of rotatable bonds is 3. The van der Waals surface area contributed by atoms with E-state index in [9.17, 15) is 19.1 Å². The summed E-state index contributed by atoms with van der Waals surface area (Å²) in [5.41, 5.74) is 1.59. The van der Waals surface area contributed by atoms with Crippen LogP contribution in [0.25, 0.3) is 0 Å². The molecule has 0 radical (unpaired) electrons. The fourth-order valence-electron chi connectivity index (χ4n) is 2.72. The number of amides is 1. The van der Waals surface area contributed by atoms with Crippen LogP contribution in [0.1, 0.15) is 17.8 Å². The Morgan fingerprint density at radius 3 is 2.59 bits per heavy atom. The molecule has 27 heavy (non-hydrogen) atoms. The number of aliphatic imine (C=N–C) groups is 1. The molecule has 1 aliphatic heterocycles. The Morgan fingerprint density at radius 1 is 1.33 bits per heavy atom. The van der Waals surface area contributed by atoms with Gasteiger partial charge in [0.15, 0.2) is 0 Å². The van der Waals surface area contributed by atoms with Crippen molar-refractivity contribution in [3.05, 3.63) is 46.5 Å². The van der Waals surface area contributed by atoms with Crippen LogP contribution in [-0.2, 0) is 9.59 Å². The average Bonchev–Trinajstić information content (AvgIpc) is 2.56. The minimum Gasteiger partial charge on any atom is -0.480 e. The third kappa shape index (κ3) is 4.03. The van der Waals surface area contributed by atoms with E-state index in [1.807, 2.05) is 0 Å². The highest BCUT2D eigenvalue weighted by atomic mass is 35.5. The third-order valence-corrected chi connectivity index (χ3v) is 4.10. The summed E-state index contributed by atoms with van der Waals surface area (Å²) in [5, 5.41) is 11.9. The zero-order valence-corrected chi connectivity index (χ0v) is 15.2. The Bertz CT molecular complexity index is 945. The van der Waals surface area contributed by atoms with Crippen molar-refractivity contribution in [2.75, 3.05) is 4.90 Å². The maximum atomic E-state index is 13.5. The van der Waals surface area contributed by atoms with Crippen LogP contribution in [0, 0.1) is 19.7 Å². The molecule has 140 valence electrons. The smallest absolute Gasteiger partial charge is 0.327 e. The minimum atomic E-state index is -1.25. The number of hydrogen-bond acceptors (Lipinski definition) is 5. The molecule has 1 saturated heterocycles. The molecule has 0 spiro atoms. The van der Waals surface area contributed by atoms with E-state index in [0.717, 1.165) is 6.07 Å². The van der Waals surface area contributed by atoms with Crippen LogP contribution in [0.15, 0.2) is 29.3 Å². The van der Waals surface area contributed by atoms with E-state index in [-0.39, 0.29) is 29.0 Å². The molecule has 2 N–H and O–H groups in total. The molecule has 10 heteroatoms. The zero-order valence-electron chi connectivity index (χ0n) is 14.4. The van der Waals surface area contributed by atoms with Crippen LogP contribution in [0.5, 0.6) is 0 Å². The van der Waals surface area contributed by atoms with Crippen LogP contribution >= 0.6 is 11.6 Å². The minimum absolute atomic E-state index is 0.0621. The molecule has 1 fully saturated rings. The molecule has 1 atom stereocenters. The van der Waals surface area contributed by atoms with E-state index in [1.165, 1.54) is 17.0 Å². The van der Waals surface area contributed by atoms with Gasteiger partial charge in [0, 0.05) is 17.1 Å². The van der Waals surface area contributed by atoms with E-state index < -0.39 is 23.7 Å². The lowest BCUT2D eigenvalue weighted by Crippen LogP contribution is -2.58. The number of anilines is 1. The van der Waals surface area contributed by atoms with Crippen LogP contribution in [0.4, 0.5) is 16.0 Å². The normalized spacial score (nSPS) is 18.5. The maximum absolute atomic E-state index is 13.5. The average molecular weight is 392 g/mol. The van der Waals surface area contributed by atoms with Crippen LogP contribution in [-0.4, -0.2) is 39.0 Å². The van der Waals surface area contributed by atoms with Gasteiger partial charge in [-0.1, -0.05) is 11.6 Å². The number of nitrogens with zero attached hydrogens (tertiary/aromatic N) is 4. The number of guanidine groups is 1. The number of nitrogens with one attached hydrogen (secondary N) is 1. The van der Waals surface area contributed by atoms with Crippen molar-refractivity contribution in [1.82, 2.24) is 15.3 Å². The number of halogens is 2. The van der Waals surface area contributed by atoms with Gasteiger partial charge in [0.2, 0.25) is 11.9 Å². The SMILES string of the molecule is Cc1cc(C)nc(/N=C2\NC(=O)C[C@H](C(=O)O)N2c2ccc(F)c(Cl)c2)n1. The van der Waals surface area contributed by atoms with Crippen molar-refractivity contribution in [3.8, 4) is 0 Å². The van der Waals surface area contributed by atoms with E-state index in [4.69, 9.17) is 11.6 Å². The molecule has 3 rings (SSSR count). The first-order valence-corrected chi connectivity index (χ1v) is 8.30. The molecule has 1 aromatic carbocycles. The maximum Gasteiger partial charge on any atom is 0.327 e. The van der Waals surface area contributed by atoms with Crippen molar-refractivity contribution in [3.63, 3.8) is 0 Å². The lowest BCUT2D eigenvalue weighted by atomic mass is 10.1. The summed E-state index contributed by atoms with van der Waals surface area (Å²) in [4.78, 5) is 37.6. The summed E-state index contributed by atoms with van der Waals surface area (Å²) in [6.07, 6.45) is -0.308. The molecule has 1 amide bonds. The first-order chi connectivity index (χ1) is 12.7. The summed E-state index contributed by atoms with van der Waals surface area (Å²) < 4.78 is 13.5. The Labute approximate surface area is 158 Å². The molecule has 0 saturated carbocycles. The van der Waals surface area contributed by atoms with Gasteiger partial charge in [-0.05, 0) is 38.1 Å². The summed E-state index contributed by atoms with van der Waals surface area (Å²) >= 11 is 5.84. The van der Waals surface area contributed by atoms with Gasteiger partial charge >= 0.3 is 5.97 Å². The number of benzene rings is 1. The van der Waals surface area contributed by atoms with E-state index in [1.54, 1.807) is 19.9 Å². The Balaban J connectivity index is 2.14. The molecule has 8 nitrogen and oxygen atoms in total. The summed E-state index contributed by atoms with van der Waals surface area (Å²) in [7, 11) is 0. The number of hydrogen-bond donors (Lipinski definition) is 2. The third-order valence-electron chi connectivity index (χ3n) is 3.81. The number of aryl methyl sites for hydroxylation is 2. The van der Waals surface area contributed by atoms with Gasteiger partial charge in [0.05, 0.1) is 11.4 Å². The monoisotopic (exact) mass is 391 g/mol. The van der Waals surface area contributed by atoms with Gasteiger partial charge in [-0.25, -0.2) is 19.2 Å². The topological polar surface area (TPSA) is 108 Å². The predicted molar refractivity (Wildman–Crippen MR) is 96.7 cm³/mol. The second kappa shape index (κ2) is 7.28. The second-order valence-corrected chi connectivity index (χ2v) is 6.37. The van der Waals surface area contributed by atoms with E-state index in [0.29, 0.717) is 11.4 Å². The quantitative estimate of drug-likeness (QED) is 0.831. The van der Waals surface area contributed by atoms with E-state index in [2.05, 4.69) is 20.3 Å². The van der Waals surface area contributed by atoms with Crippen LogP contribution in [0.3, 0.4) is 0 Å². The predicted octanol–water partition coefficient (Wildman–Crippen LogP) is 2.35. The Kier molecular flexibility index (Phi) is 5.04. The molecule has 2 heterocycles. The molecule has 0 aliphatic carbocycles. The largest absolute Gasteiger partial charge is 0.480 e. The van der Waals surface area contributed by atoms with E-state index >= 15 is 0 Å². The number of aliphatic carboxylic acids is 1. The van der Waals surface area contributed by atoms with Crippen LogP contribution < -0.4 is 10.2 Å². The fourth-order valence-corrected chi connectivity index (χ4v) is 2.89. The second-order valence-electron chi connectivity index (χ2n) is 5.96. The molecule has 1 aliphatic rings. The number of carboxylic acid groups (broad SMARTS) is 1. The highest BCUT2D eigenvalue weighted by Gasteiger charge is 2.37. The van der Waals surface area contributed by atoms with Crippen molar-refractivity contribution in [1.29, 1.82) is 0 Å². The van der Waals surface area contributed by atoms with Gasteiger partial charge in [0.25, 0.3) is 5.95 Å². The Morgan fingerprint density at radius 2 is 2.00 bits per heavy atom. The molecule has 1 aromatic heterocycles. The molecule has 2 aromatic rings. The zero-order chi connectivity index (χ0) is 19.7. The van der Waals surface area contributed by atoms with Gasteiger partial charge in [-0.3, -0.25) is 15.0 Å². The number of carbonyl (C=O) groups excluding carboxylic acids is 1. The molecular formula is C17H15ClFN5O3. The number of aromatic nitrogens is 2. The molecular weight excluding hydrogens is 377 g/mol. The standard InChI is InChI=1S/C17H15ClFN5O3/c1-8-5-9(2)21-16(20-8)23-17-22-14(25)7-13(15(26)27)24(17)10-3-4-12(19)11(18)6-10/h3-6,13H,7H2,1-2H3,(H,26,27)(H,20,21,22,23,25)/t13-/m1/s1. The first-order valence-electron chi connectivity index (χ1n) is 7.92. The van der Waals surface area contributed by atoms with Gasteiger partial charge < -0.3 is 5.11 Å². The fraction of sp³-hybridized carbons (Fsp3) is 0.235. The lowest BCUT2D eigenvalue weighted by Gasteiger charge is -2.35. The summed E-state index contributed by atoms with van der Waals surface area (Å²) in [6.45, 7) is 3.52. The molecule has 0 bridgehead atoms. The highest BCUT2D eigenvalue weighted by Crippen LogP contribution is 2.27. The van der Waals surface area contributed by atoms with Crippen molar-refractivity contribution >= 4 is 41.1 Å². The van der Waals surface area contributed by atoms with Crippen LogP contribution in [0.2, 0.25) is 5.02 Å². The number of carbonyl (C=O) groups is 2. The van der Waals surface area contributed by atoms with Crippen molar-refractivity contribution in [2.45, 2.75) is 26.3 Å². The van der Waals surface area contributed by atoms with Gasteiger partial charge in [-0.15, -0.1) is 0 Å². The number of carboxylic acids is 1.